The lowest BCUT2D eigenvalue weighted by Crippen LogP contribution is -2.47. The van der Waals surface area contributed by atoms with E-state index in [0.29, 0.717) is 33.2 Å². The molecule has 1 aromatic heterocycles. The molecule has 0 bridgehead atoms. The van der Waals surface area contributed by atoms with Gasteiger partial charge in [-0.05, 0) is 31.3 Å². The summed E-state index contributed by atoms with van der Waals surface area (Å²) in [6.45, 7) is 3.76. The summed E-state index contributed by atoms with van der Waals surface area (Å²) in [5, 5.41) is 15.6. The molecule has 1 fully saturated rings. The Labute approximate surface area is 235 Å². The third kappa shape index (κ3) is 5.82. The van der Waals surface area contributed by atoms with Crippen molar-refractivity contribution in [1.82, 2.24) is 14.8 Å². The van der Waals surface area contributed by atoms with Crippen LogP contribution in [0.4, 0.5) is 11.4 Å². The predicted molar refractivity (Wildman–Crippen MR) is 156 cm³/mol. The average Bonchev–Trinajstić information content (AvgIpc) is 3.21. The predicted octanol–water partition coefficient (Wildman–Crippen LogP) is 6.19. The summed E-state index contributed by atoms with van der Waals surface area (Å²) in [6, 6.07) is 18.1. The number of amides is 1. The molecule has 3 N–H and O–H groups in total. The fraction of sp³-hybridized carbons (Fsp3) is 0.214. The number of carbonyl (C=O) groups is 1. The van der Waals surface area contributed by atoms with Crippen LogP contribution in [0.3, 0.4) is 0 Å². The monoisotopic (exact) mass is 569 g/mol. The molecule has 196 valence electrons. The molecule has 1 aliphatic heterocycles. The molecule has 0 aliphatic carbocycles. The standard InChI is InChI=1S/C28H26Cl3N5O2/c1-35-9-11-36(12-10-35)16-24(37)34-27-21(30)14-19(15-22(27)31)32-26(17-5-3-2-4-6-17)25-20-8-7-18(29)13-23(20)33-28(25)38/h2-8,13-15,33,38H,9-12,16H2,1H3,(H,34,37). The molecule has 1 aliphatic rings. The van der Waals surface area contributed by atoms with E-state index in [1.807, 2.05) is 36.4 Å². The van der Waals surface area contributed by atoms with Crippen molar-refractivity contribution in [2.45, 2.75) is 0 Å². The maximum absolute atomic E-state index is 12.7. The Balaban J connectivity index is 1.48. The number of rotatable bonds is 6. The van der Waals surface area contributed by atoms with E-state index in [2.05, 4.69) is 27.1 Å². The minimum Gasteiger partial charge on any atom is -0.494 e. The number of hydrogen-bond donors (Lipinski definition) is 3. The molecular weight excluding hydrogens is 545 g/mol. The number of aromatic nitrogens is 1. The number of nitrogens with zero attached hydrogens (tertiary/aromatic N) is 3. The van der Waals surface area contributed by atoms with Gasteiger partial charge in [0, 0.05) is 42.2 Å². The van der Waals surface area contributed by atoms with Gasteiger partial charge in [-0.15, -0.1) is 0 Å². The minimum absolute atomic E-state index is 0.0325. The van der Waals surface area contributed by atoms with Crippen molar-refractivity contribution in [3.8, 4) is 5.88 Å². The summed E-state index contributed by atoms with van der Waals surface area (Å²) < 4.78 is 0. The summed E-state index contributed by atoms with van der Waals surface area (Å²) in [7, 11) is 2.07. The quantitative estimate of drug-likeness (QED) is 0.241. The van der Waals surface area contributed by atoms with Crippen molar-refractivity contribution < 1.29 is 9.90 Å². The van der Waals surface area contributed by atoms with Gasteiger partial charge in [0.05, 0.1) is 44.8 Å². The third-order valence-corrected chi connectivity index (χ3v) is 7.35. The molecule has 38 heavy (non-hydrogen) atoms. The summed E-state index contributed by atoms with van der Waals surface area (Å²) >= 11 is 19.3. The van der Waals surface area contributed by atoms with Gasteiger partial charge in [0.25, 0.3) is 0 Å². The molecule has 0 atom stereocenters. The number of carbonyl (C=O) groups excluding carboxylic acids is 1. The van der Waals surface area contributed by atoms with Gasteiger partial charge in [0.2, 0.25) is 5.91 Å². The third-order valence-electron chi connectivity index (χ3n) is 6.52. The van der Waals surface area contributed by atoms with E-state index in [9.17, 15) is 9.90 Å². The van der Waals surface area contributed by atoms with Crippen molar-refractivity contribution >= 4 is 68.7 Å². The van der Waals surface area contributed by atoms with E-state index in [4.69, 9.17) is 39.8 Å². The van der Waals surface area contributed by atoms with Gasteiger partial charge < -0.3 is 20.3 Å². The molecule has 1 amide bonds. The Kier molecular flexibility index (Phi) is 7.93. The molecule has 7 nitrogen and oxygen atoms in total. The van der Waals surface area contributed by atoms with Crippen LogP contribution in [0, 0.1) is 0 Å². The zero-order valence-corrected chi connectivity index (χ0v) is 22.9. The van der Waals surface area contributed by atoms with Gasteiger partial charge in [-0.2, -0.15) is 0 Å². The topological polar surface area (TPSA) is 84.0 Å². The molecule has 0 spiro atoms. The first-order valence-corrected chi connectivity index (χ1v) is 13.3. The van der Waals surface area contributed by atoms with E-state index in [-0.39, 0.29) is 28.4 Å². The van der Waals surface area contributed by atoms with Crippen LogP contribution in [0.5, 0.6) is 5.88 Å². The number of likely N-dealkylation sites (N-methyl/N-ethyl adjacent to an activating group) is 1. The number of aromatic hydroxyl groups is 1. The summed E-state index contributed by atoms with van der Waals surface area (Å²) in [5.41, 5.74) is 3.34. The Morgan fingerprint density at radius 2 is 1.68 bits per heavy atom. The van der Waals surface area contributed by atoms with Gasteiger partial charge >= 0.3 is 0 Å². The average molecular weight is 571 g/mol. The van der Waals surface area contributed by atoms with E-state index in [1.54, 1.807) is 24.3 Å². The molecular formula is C28H26Cl3N5O2. The largest absolute Gasteiger partial charge is 0.494 e. The van der Waals surface area contributed by atoms with Gasteiger partial charge in [0.15, 0.2) is 5.88 Å². The van der Waals surface area contributed by atoms with Crippen LogP contribution in [0.25, 0.3) is 10.9 Å². The first-order chi connectivity index (χ1) is 18.3. The summed E-state index contributed by atoms with van der Waals surface area (Å²) in [4.78, 5) is 24.9. The van der Waals surface area contributed by atoms with E-state index in [1.165, 1.54) is 0 Å². The lowest BCUT2D eigenvalue weighted by atomic mass is 10.0. The lowest BCUT2D eigenvalue weighted by molar-refractivity contribution is -0.117. The van der Waals surface area contributed by atoms with E-state index in [0.717, 1.165) is 37.1 Å². The second-order valence-corrected chi connectivity index (χ2v) is 10.5. The molecule has 1 saturated heterocycles. The van der Waals surface area contributed by atoms with Crippen molar-refractivity contribution in [3.05, 3.63) is 86.9 Å². The molecule has 0 saturated carbocycles. The highest BCUT2D eigenvalue weighted by molar-refractivity contribution is 6.40. The van der Waals surface area contributed by atoms with Gasteiger partial charge in [-0.3, -0.25) is 9.69 Å². The Hall–Kier alpha value is -3.07. The fourth-order valence-corrected chi connectivity index (χ4v) is 5.26. The number of aromatic amines is 1. The van der Waals surface area contributed by atoms with Gasteiger partial charge in [-0.1, -0.05) is 71.2 Å². The molecule has 2 heterocycles. The van der Waals surface area contributed by atoms with Crippen LogP contribution in [0.15, 0.2) is 65.7 Å². The van der Waals surface area contributed by atoms with Crippen LogP contribution in [-0.4, -0.2) is 71.3 Å². The van der Waals surface area contributed by atoms with E-state index >= 15 is 0 Å². The SMILES string of the molecule is CN1CCN(CC(=O)Nc2c(Cl)cc(N=C(c3ccccc3)c3c(O)[nH]c4cc(Cl)ccc34)cc2Cl)CC1. The minimum atomic E-state index is -0.179. The number of H-pyrrole nitrogens is 1. The highest BCUT2D eigenvalue weighted by Gasteiger charge is 2.21. The highest BCUT2D eigenvalue weighted by atomic mass is 35.5. The number of hydrogen-bond acceptors (Lipinski definition) is 5. The second-order valence-electron chi connectivity index (χ2n) is 9.28. The van der Waals surface area contributed by atoms with Crippen LogP contribution in [0.2, 0.25) is 15.1 Å². The smallest absolute Gasteiger partial charge is 0.238 e. The fourth-order valence-electron chi connectivity index (χ4n) is 4.52. The highest BCUT2D eigenvalue weighted by Crippen LogP contribution is 2.37. The Bertz CT molecular complexity index is 1490. The molecule has 10 heteroatoms. The van der Waals surface area contributed by atoms with Crippen LogP contribution >= 0.6 is 34.8 Å². The van der Waals surface area contributed by atoms with Crippen molar-refractivity contribution in [3.63, 3.8) is 0 Å². The van der Waals surface area contributed by atoms with Gasteiger partial charge in [-0.25, -0.2) is 4.99 Å². The zero-order chi connectivity index (χ0) is 26.8. The van der Waals surface area contributed by atoms with Crippen LogP contribution < -0.4 is 5.32 Å². The maximum Gasteiger partial charge on any atom is 0.238 e. The van der Waals surface area contributed by atoms with Crippen molar-refractivity contribution in [2.24, 2.45) is 4.99 Å². The number of aliphatic imine (C=N–C) groups is 1. The zero-order valence-electron chi connectivity index (χ0n) is 20.6. The molecule has 5 rings (SSSR count). The number of benzene rings is 3. The second kappa shape index (κ2) is 11.4. The number of nitrogens with one attached hydrogen (secondary N) is 2. The number of fused-ring (bicyclic) bond motifs is 1. The molecule has 0 unspecified atom stereocenters. The Morgan fingerprint density at radius 1 is 1.00 bits per heavy atom. The van der Waals surface area contributed by atoms with Crippen molar-refractivity contribution in [2.75, 3.05) is 45.1 Å². The van der Waals surface area contributed by atoms with E-state index < -0.39 is 0 Å². The molecule has 0 radical (unpaired) electrons. The van der Waals surface area contributed by atoms with Crippen molar-refractivity contribution in [1.29, 1.82) is 0 Å². The summed E-state index contributed by atoms with van der Waals surface area (Å²) in [6.07, 6.45) is 0. The van der Waals surface area contributed by atoms with Crippen LogP contribution in [0.1, 0.15) is 11.1 Å². The van der Waals surface area contributed by atoms with Gasteiger partial charge in [0.1, 0.15) is 0 Å². The maximum atomic E-state index is 12.7. The summed E-state index contributed by atoms with van der Waals surface area (Å²) in [5.74, 6) is -0.211. The number of halogens is 3. The first-order valence-electron chi connectivity index (χ1n) is 12.1. The van der Waals surface area contributed by atoms with Crippen LogP contribution in [-0.2, 0) is 4.79 Å². The molecule has 4 aromatic rings. The number of piperazine rings is 1. The Morgan fingerprint density at radius 3 is 2.37 bits per heavy atom. The number of anilines is 1. The lowest BCUT2D eigenvalue weighted by Gasteiger charge is -2.31. The first kappa shape index (κ1) is 26.5. The normalized spacial score (nSPS) is 15.2. The molecule has 3 aromatic carbocycles.